The molecule has 0 aliphatic heterocycles. The lowest BCUT2D eigenvalue weighted by Gasteiger charge is -2.12. The number of carbonyl (C=O) groups is 1. The molecular formula is C16H16FNO2. The van der Waals surface area contributed by atoms with Crippen LogP contribution in [0.4, 0.5) is 4.39 Å². The molecule has 0 atom stereocenters. The molecule has 1 aliphatic carbocycles. The minimum Gasteiger partial charge on any atom is -0.336 e. The number of nitrogens with zero attached hydrogens (tertiary/aromatic N) is 1. The quantitative estimate of drug-likeness (QED) is 0.857. The van der Waals surface area contributed by atoms with Gasteiger partial charge in [0.05, 0.1) is 11.6 Å². The lowest BCUT2D eigenvalue weighted by atomic mass is 10.1. The molecule has 3 rings (SSSR count). The Balaban J connectivity index is 1.79. The van der Waals surface area contributed by atoms with Gasteiger partial charge in [-0.25, -0.2) is 9.18 Å². The van der Waals surface area contributed by atoms with Gasteiger partial charge in [0, 0.05) is 11.8 Å². The molecule has 1 saturated carbocycles. The summed E-state index contributed by atoms with van der Waals surface area (Å²) in [6.45, 7) is 0. The Kier molecular flexibility index (Phi) is 3.54. The van der Waals surface area contributed by atoms with E-state index in [1.165, 1.54) is 16.9 Å². The SMILES string of the molecule is O=C(On1cccc1-c1ccc(F)cc1)C1CCCC1. The Hall–Kier alpha value is -2.10. The second-order valence-corrected chi connectivity index (χ2v) is 5.12. The number of aromatic nitrogens is 1. The van der Waals surface area contributed by atoms with E-state index in [1.807, 2.05) is 6.07 Å². The number of carbonyl (C=O) groups excluding carboxylic acids is 1. The van der Waals surface area contributed by atoms with E-state index in [4.69, 9.17) is 4.84 Å². The van der Waals surface area contributed by atoms with Gasteiger partial charge < -0.3 is 4.84 Å². The molecule has 0 saturated heterocycles. The fourth-order valence-corrected chi connectivity index (χ4v) is 2.62. The molecule has 1 heterocycles. The third-order valence-corrected chi connectivity index (χ3v) is 3.73. The lowest BCUT2D eigenvalue weighted by Crippen LogP contribution is -2.25. The van der Waals surface area contributed by atoms with E-state index in [2.05, 4.69) is 0 Å². The van der Waals surface area contributed by atoms with Crippen LogP contribution < -0.4 is 4.84 Å². The van der Waals surface area contributed by atoms with E-state index in [-0.39, 0.29) is 17.7 Å². The molecule has 104 valence electrons. The van der Waals surface area contributed by atoms with Gasteiger partial charge in [-0.2, -0.15) is 4.73 Å². The molecular weight excluding hydrogens is 257 g/mol. The summed E-state index contributed by atoms with van der Waals surface area (Å²) < 4.78 is 14.4. The zero-order valence-corrected chi connectivity index (χ0v) is 11.1. The van der Waals surface area contributed by atoms with Crippen LogP contribution in [0, 0.1) is 11.7 Å². The summed E-state index contributed by atoms with van der Waals surface area (Å²) in [5.41, 5.74) is 1.56. The van der Waals surface area contributed by atoms with E-state index >= 15 is 0 Å². The Morgan fingerprint density at radius 1 is 1.15 bits per heavy atom. The summed E-state index contributed by atoms with van der Waals surface area (Å²) in [7, 11) is 0. The standard InChI is InChI=1S/C16H16FNO2/c17-14-9-7-12(8-10-14)15-6-3-11-18(15)20-16(19)13-4-1-2-5-13/h3,6-11,13H,1-2,4-5H2. The summed E-state index contributed by atoms with van der Waals surface area (Å²) in [6.07, 6.45) is 5.70. The third kappa shape index (κ3) is 2.59. The molecule has 0 amide bonds. The third-order valence-electron chi connectivity index (χ3n) is 3.73. The van der Waals surface area contributed by atoms with Crippen molar-refractivity contribution >= 4 is 5.97 Å². The fraction of sp³-hybridized carbons (Fsp3) is 0.312. The van der Waals surface area contributed by atoms with Gasteiger partial charge in [0.15, 0.2) is 0 Å². The molecule has 1 aromatic carbocycles. The van der Waals surface area contributed by atoms with Crippen LogP contribution in [0.2, 0.25) is 0 Å². The Morgan fingerprint density at radius 2 is 1.85 bits per heavy atom. The minimum atomic E-state index is -0.283. The average Bonchev–Trinajstić information content (AvgIpc) is 3.10. The van der Waals surface area contributed by atoms with Crippen molar-refractivity contribution < 1.29 is 14.0 Å². The molecule has 1 fully saturated rings. The molecule has 4 heteroatoms. The highest BCUT2D eigenvalue weighted by Crippen LogP contribution is 2.26. The first kappa shape index (κ1) is 12.9. The van der Waals surface area contributed by atoms with Gasteiger partial charge in [-0.3, -0.25) is 0 Å². The molecule has 0 bridgehead atoms. The van der Waals surface area contributed by atoms with Gasteiger partial charge in [-0.1, -0.05) is 12.8 Å². The van der Waals surface area contributed by atoms with E-state index in [1.54, 1.807) is 24.4 Å². The molecule has 0 N–H and O–H groups in total. The predicted molar refractivity (Wildman–Crippen MR) is 73.4 cm³/mol. The first-order valence-corrected chi connectivity index (χ1v) is 6.89. The molecule has 0 radical (unpaired) electrons. The van der Waals surface area contributed by atoms with Crippen molar-refractivity contribution in [1.29, 1.82) is 0 Å². The maximum Gasteiger partial charge on any atom is 0.335 e. The molecule has 0 spiro atoms. The van der Waals surface area contributed by atoms with Gasteiger partial charge in [-0.15, -0.1) is 0 Å². The molecule has 1 aliphatic rings. The van der Waals surface area contributed by atoms with E-state index in [0.717, 1.165) is 36.9 Å². The Morgan fingerprint density at radius 3 is 2.55 bits per heavy atom. The Bertz CT molecular complexity index is 597. The van der Waals surface area contributed by atoms with Crippen LogP contribution in [0.25, 0.3) is 11.3 Å². The zero-order chi connectivity index (χ0) is 13.9. The van der Waals surface area contributed by atoms with Crippen molar-refractivity contribution in [2.24, 2.45) is 5.92 Å². The zero-order valence-electron chi connectivity index (χ0n) is 11.1. The average molecular weight is 273 g/mol. The largest absolute Gasteiger partial charge is 0.336 e. The van der Waals surface area contributed by atoms with Crippen molar-refractivity contribution in [2.75, 3.05) is 0 Å². The van der Waals surface area contributed by atoms with Gasteiger partial charge in [0.2, 0.25) is 0 Å². The van der Waals surface area contributed by atoms with Crippen LogP contribution in [0.15, 0.2) is 42.6 Å². The molecule has 20 heavy (non-hydrogen) atoms. The summed E-state index contributed by atoms with van der Waals surface area (Å²) in [5, 5.41) is 0. The second-order valence-electron chi connectivity index (χ2n) is 5.12. The number of benzene rings is 1. The number of hydrogen-bond acceptors (Lipinski definition) is 2. The van der Waals surface area contributed by atoms with Gasteiger partial charge >= 0.3 is 5.97 Å². The van der Waals surface area contributed by atoms with Crippen LogP contribution in [-0.2, 0) is 4.79 Å². The highest BCUT2D eigenvalue weighted by molar-refractivity contribution is 5.73. The first-order chi connectivity index (χ1) is 9.74. The minimum absolute atomic E-state index is 0.0125. The summed E-state index contributed by atoms with van der Waals surface area (Å²) >= 11 is 0. The second kappa shape index (κ2) is 5.49. The molecule has 2 aromatic rings. The van der Waals surface area contributed by atoms with E-state index in [9.17, 15) is 9.18 Å². The Labute approximate surface area is 116 Å². The van der Waals surface area contributed by atoms with Gasteiger partial charge in [-0.05, 0) is 49.2 Å². The number of rotatable bonds is 3. The van der Waals surface area contributed by atoms with Gasteiger partial charge in [0.25, 0.3) is 0 Å². The van der Waals surface area contributed by atoms with Crippen molar-refractivity contribution in [3.63, 3.8) is 0 Å². The van der Waals surface area contributed by atoms with Crippen LogP contribution in [0.5, 0.6) is 0 Å². The van der Waals surface area contributed by atoms with Crippen molar-refractivity contribution in [1.82, 2.24) is 4.73 Å². The van der Waals surface area contributed by atoms with Gasteiger partial charge in [0.1, 0.15) is 5.82 Å². The highest BCUT2D eigenvalue weighted by Gasteiger charge is 2.25. The van der Waals surface area contributed by atoms with Crippen molar-refractivity contribution in [2.45, 2.75) is 25.7 Å². The van der Waals surface area contributed by atoms with E-state index in [0.29, 0.717) is 0 Å². The summed E-state index contributed by atoms with van der Waals surface area (Å²) in [6, 6.07) is 9.78. The van der Waals surface area contributed by atoms with Crippen LogP contribution in [-0.4, -0.2) is 10.7 Å². The monoisotopic (exact) mass is 273 g/mol. The highest BCUT2D eigenvalue weighted by atomic mass is 19.1. The van der Waals surface area contributed by atoms with Crippen LogP contribution in [0.3, 0.4) is 0 Å². The first-order valence-electron chi connectivity index (χ1n) is 6.89. The fourth-order valence-electron chi connectivity index (χ4n) is 2.62. The predicted octanol–water partition coefficient (Wildman–Crippen LogP) is 3.44. The lowest BCUT2D eigenvalue weighted by molar-refractivity contribution is -0.148. The molecule has 0 unspecified atom stereocenters. The number of halogens is 1. The van der Waals surface area contributed by atoms with Crippen molar-refractivity contribution in [3.8, 4) is 11.3 Å². The molecule has 3 nitrogen and oxygen atoms in total. The van der Waals surface area contributed by atoms with Crippen molar-refractivity contribution in [3.05, 3.63) is 48.4 Å². The maximum absolute atomic E-state index is 13.0. The van der Waals surface area contributed by atoms with E-state index < -0.39 is 0 Å². The van der Waals surface area contributed by atoms with Crippen LogP contribution >= 0.6 is 0 Å². The topological polar surface area (TPSA) is 31.2 Å². The normalized spacial score (nSPS) is 15.4. The smallest absolute Gasteiger partial charge is 0.335 e. The summed E-state index contributed by atoms with van der Waals surface area (Å²) in [4.78, 5) is 17.5. The van der Waals surface area contributed by atoms with Crippen LogP contribution in [0.1, 0.15) is 25.7 Å². The summed E-state index contributed by atoms with van der Waals surface area (Å²) in [5.74, 6) is -0.449. The maximum atomic E-state index is 13.0. The molecule has 1 aromatic heterocycles. The number of hydrogen-bond donors (Lipinski definition) is 0.